The van der Waals surface area contributed by atoms with Crippen LogP contribution in [-0.2, 0) is 4.79 Å². The first-order chi connectivity index (χ1) is 11.5. The zero-order valence-electron chi connectivity index (χ0n) is 13.7. The lowest BCUT2D eigenvalue weighted by Gasteiger charge is -2.20. The van der Waals surface area contributed by atoms with Crippen molar-refractivity contribution >= 4 is 11.9 Å². The van der Waals surface area contributed by atoms with E-state index in [4.69, 9.17) is 4.74 Å². The third kappa shape index (κ3) is 4.59. The molecule has 2 rings (SSSR count). The Bertz CT molecular complexity index is 682. The molecule has 1 amide bonds. The highest BCUT2D eigenvalue weighted by Crippen LogP contribution is 2.21. The predicted octanol–water partition coefficient (Wildman–Crippen LogP) is 3.71. The Balaban J connectivity index is 2.04. The van der Waals surface area contributed by atoms with Gasteiger partial charge in [-0.1, -0.05) is 38.5 Å². The van der Waals surface area contributed by atoms with Crippen molar-refractivity contribution in [1.82, 2.24) is 5.32 Å². The van der Waals surface area contributed by atoms with Crippen LogP contribution in [0.3, 0.4) is 0 Å². The zero-order chi connectivity index (χ0) is 17.5. The molecule has 2 aromatic rings. The molecule has 0 saturated heterocycles. The van der Waals surface area contributed by atoms with Gasteiger partial charge in [-0.3, -0.25) is 4.79 Å². The van der Waals surface area contributed by atoms with Gasteiger partial charge in [0.25, 0.3) is 5.91 Å². The largest absolute Gasteiger partial charge is 0.480 e. The molecule has 2 atom stereocenters. The van der Waals surface area contributed by atoms with Crippen molar-refractivity contribution in [3.63, 3.8) is 0 Å². The number of carboxylic acids is 1. The van der Waals surface area contributed by atoms with Gasteiger partial charge < -0.3 is 15.2 Å². The van der Waals surface area contributed by atoms with E-state index in [2.05, 4.69) is 5.32 Å². The maximum Gasteiger partial charge on any atom is 0.326 e. The Labute approximate surface area is 141 Å². The summed E-state index contributed by atoms with van der Waals surface area (Å²) in [6.45, 7) is 3.69. The van der Waals surface area contributed by atoms with Crippen LogP contribution in [0.25, 0.3) is 0 Å². The van der Waals surface area contributed by atoms with E-state index in [1.807, 2.05) is 37.3 Å². The normalized spacial score (nSPS) is 12.9. The minimum atomic E-state index is -1.03. The number of benzene rings is 2. The smallest absolute Gasteiger partial charge is 0.326 e. The summed E-state index contributed by atoms with van der Waals surface area (Å²) >= 11 is 0. The summed E-state index contributed by atoms with van der Waals surface area (Å²) in [6, 6.07) is 15.0. The van der Waals surface area contributed by atoms with E-state index in [9.17, 15) is 14.7 Å². The second-order valence-corrected chi connectivity index (χ2v) is 5.61. The van der Waals surface area contributed by atoms with Crippen molar-refractivity contribution in [2.45, 2.75) is 26.3 Å². The quantitative estimate of drug-likeness (QED) is 0.813. The van der Waals surface area contributed by atoms with Crippen LogP contribution < -0.4 is 10.1 Å². The Morgan fingerprint density at radius 1 is 1.04 bits per heavy atom. The van der Waals surface area contributed by atoms with Crippen molar-refractivity contribution in [2.75, 3.05) is 0 Å². The number of carbonyl (C=O) groups is 2. The fourth-order valence-electron chi connectivity index (χ4n) is 2.21. The number of rotatable bonds is 7. The van der Waals surface area contributed by atoms with Gasteiger partial charge in [0.1, 0.15) is 17.5 Å². The van der Waals surface area contributed by atoms with Crippen molar-refractivity contribution in [3.8, 4) is 11.5 Å². The van der Waals surface area contributed by atoms with Gasteiger partial charge in [0.15, 0.2) is 0 Å². The molecule has 0 aromatic heterocycles. The first kappa shape index (κ1) is 17.5. The van der Waals surface area contributed by atoms with E-state index in [0.29, 0.717) is 23.5 Å². The minimum Gasteiger partial charge on any atom is -0.480 e. The summed E-state index contributed by atoms with van der Waals surface area (Å²) in [4.78, 5) is 23.5. The summed E-state index contributed by atoms with van der Waals surface area (Å²) in [5.41, 5.74) is 0.393. The topological polar surface area (TPSA) is 75.6 Å². The summed E-state index contributed by atoms with van der Waals surface area (Å²) in [5, 5.41) is 11.8. The van der Waals surface area contributed by atoms with Crippen LogP contribution in [0.15, 0.2) is 54.6 Å². The predicted molar refractivity (Wildman–Crippen MR) is 91.3 cm³/mol. The number of hydrogen-bond donors (Lipinski definition) is 2. The SMILES string of the molecule is CCC(C)C(NC(=O)c1ccc(Oc2ccccc2)cc1)C(=O)O. The molecule has 0 saturated carbocycles. The van der Waals surface area contributed by atoms with E-state index < -0.39 is 17.9 Å². The van der Waals surface area contributed by atoms with Crippen molar-refractivity contribution in [3.05, 3.63) is 60.2 Å². The van der Waals surface area contributed by atoms with Crippen molar-refractivity contribution in [1.29, 1.82) is 0 Å². The van der Waals surface area contributed by atoms with E-state index >= 15 is 0 Å². The highest BCUT2D eigenvalue weighted by Gasteiger charge is 2.25. The molecule has 0 heterocycles. The number of amides is 1. The molecule has 24 heavy (non-hydrogen) atoms. The van der Waals surface area contributed by atoms with Gasteiger partial charge in [0, 0.05) is 5.56 Å². The second-order valence-electron chi connectivity index (χ2n) is 5.61. The standard InChI is InChI=1S/C19H21NO4/c1-3-13(2)17(19(22)23)20-18(21)14-9-11-16(12-10-14)24-15-7-5-4-6-8-15/h4-13,17H,3H2,1-2H3,(H,20,21)(H,22,23). The molecular weight excluding hydrogens is 306 g/mol. The Morgan fingerprint density at radius 2 is 1.62 bits per heavy atom. The van der Waals surface area contributed by atoms with E-state index in [-0.39, 0.29) is 5.92 Å². The van der Waals surface area contributed by atoms with Crippen LogP contribution in [0.2, 0.25) is 0 Å². The Kier molecular flexibility index (Phi) is 5.95. The van der Waals surface area contributed by atoms with Gasteiger partial charge in [-0.2, -0.15) is 0 Å². The van der Waals surface area contributed by atoms with Gasteiger partial charge in [-0.25, -0.2) is 4.79 Å². The molecule has 0 aliphatic carbocycles. The number of carboxylic acid groups (broad SMARTS) is 1. The first-order valence-electron chi connectivity index (χ1n) is 7.88. The van der Waals surface area contributed by atoms with E-state index in [0.717, 1.165) is 0 Å². The average Bonchev–Trinajstić information content (AvgIpc) is 2.60. The summed E-state index contributed by atoms with van der Waals surface area (Å²) in [6.07, 6.45) is 0.668. The van der Waals surface area contributed by atoms with Crippen LogP contribution in [0, 0.1) is 5.92 Å². The molecule has 2 aromatic carbocycles. The molecule has 2 unspecified atom stereocenters. The number of aliphatic carboxylic acids is 1. The maximum absolute atomic E-state index is 12.2. The molecule has 0 aliphatic heterocycles. The summed E-state index contributed by atoms with van der Waals surface area (Å²) in [7, 11) is 0. The van der Waals surface area contributed by atoms with Crippen molar-refractivity contribution < 1.29 is 19.4 Å². The number of ether oxygens (including phenoxy) is 1. The van der Waals surface area contributed by atoms with Gasteiger partial charge in [0.05, 0.1) is 0 Å². The van der Waals surface area contributed by atoms with Gasteiger partial charge in [-0.05, 0) is 42.3 Å². The fraction of sp³-hybridized carbons (Fsp3) is 0.263. The van der Waals surface area contributed by atoms with Crippen LogP contribution in [0.4, 0.5) is 0 Å². The molecule has 0 spiro atoms. The van der Waals surface area contributed by atoms with Crippen LogP contribution >= 0.6 is 0 Å². The molecule has 2 N–H and O–H groups in total. The fourth-order valence-corrected chi connectivity index (χ4v) is 2.21. The van der Waals surface area contributed by atoms with Crippen LogP contribution in [0.5, 0.6) is 11.5 Å². The molecule has 0 aliphatic rings. The lowest BCUT2D eigenvalue weighted by atomic mass is 9.99. The maximum atomic E-state index is 12.2. The monoisotopic (exact) mass is 327 g/mol. The number of carbonyl (C=O) groups excluding carboxylic acids is 1. The molecule has 126 valence electrons. The lowest BCUT2D eigenvalue weighted by molar-refractivity contribution is -0.140. The molecule has 0 fully saturated rings. The number of para-hydroxylation sites is 1. The van der Waals surface area contributed by atoms with E-state index in [1.165, 1.54) is 0 Å². The van der Waals surface area contributed by atoms with Crippen LogP contribution in [-0.4, -0.2) is 23.0 Å². The lowest BCUT2D eigenvalue weighted by Crippen LogP contribution is -2.45. The number of hydrogen-bond acceptors (Lipinski definition) is 3. The van der Waals surface area contributed by atoms with Crippen molar-refractivity contribution in [2.24, 2.45) is 5.92 Å². The summed E-state index contributed by atoms with van der Waals surface area (Å²) in [5.74, 6) is -0.269. The Morgan fingerprint density at radius 3 is 2.17 bits per heavy atom. The molecule has 0 radical (unpaired) electrons. The molecule has 0 bridgehead atoms. The highest BCUT2D eigenvalue weighted by molar-refractivity contribution is 5.96. The average molecular weight is 327 g/mol. The third-order valence-corrected chi connectivity index (χ3v) is 3.86. The second kappa shape index (κ2) is 8.15. The molecule has 5 nitrogen and oxygen atoms in total. The molecule has 5 heteroatoms. The van der Waals surface area contributed by atoms with Gasteiger partial charge in [-0.15, -0.1) is 0 Å². The van der Waals surface area contributed by atoms with Crippen LogP contribution in [0.1, 0.15) is 30.6 Å². The number of nitrogens with one attached hydrogen (secondary N) is 1. The highest BCUT2D eigenvalue weighted by atomic mass is 16.5. The van der Waals surface area contributed by atoms with Gasteiger partial charge in [0.2, 0.25) is 0 Å². The Hall–Kier alpha value is -2.82. The van der Waals surface area contributed by atoms with E-state index in [1.54, 1.807) is 31.2 Å². The van der Waals surface area contributed by atoms with Gasteiger partial charge >= 0.3 is 5.97 Å². The first-order valence-corrected chi connectivity index (χ1v) is 7.88. The molecular formula is C19H21NO4. The zero-order valence-corrected chi connectivity index (χ0v) is 13.7. The minimum absolute atomic E-state index is 0.146. The summed E-state index contributed by atoms with van der Waals surface area (Å²) < 4.78 is 5.66. The third-order valence-electron chi connectivity index (χ3n) is 3.86.